The SMILES string of the molecule is O=S(=O)(Nc1ccc(Cl)cc1C#CCO)C1CCOCC1. The van der Waals surface area contributed by atoms with Crippen LogP contribution in [0.15, 0.2) is 18.2 Å². The number of hydrogen-bond acceptors (Lipinski definition) is 4. The first kappa shape index (κ1) is 16.1. The molecule has 0 spiro atoms. The number of nitrogens with one attached hydrogen (secondary N) is 1. The van der Waals surface area contributed by atoms with Crippen molar-refractivity contribution >= 4 is 27.3 Å². The van der Waals surface area contributed by atoms with Crippen molar-refractivity contribution in [1.82, 2.24) is 0 Å². The predicted octanol–water partition coefficient (Wildman–Crippen LogP) is 1.60. The average Bonchev–Trinajstić information content (AvgIpc) is 2.48. The zero-order chi connectivity index (χ0) is 15.3. The molecule has 0 saturated carbocycles. The fraction of sp³-hybridized carbons (Fsp3) is 0.429. The Bertz CT molecular complexity index is 657. The van der Waals surface area contributed by atoms with Gasteiger partial charge in [-0.1, -0.05) is 23.4 Å². The maximum atomic E-state index is 12.4. The molecule has 0 unspecified atom stereocenters. The molecule has 5 nitrogen and oxygen atoms in total. The zero-order valence-corrected chi connectivity index (χ0v) is 12.9. The van der Waals surface area contributed by atoms with Crippen LogP contribution >= 0.6 is 11.6 Å². The minimum Gasteiger partial charge on any atom is -0.384 e. The van der Waals surface area contributed by atoms with Gasteiger partial charge in [-0.25, -0.2) is 8.42 Å². The molecular weight excluding hydrogens is 314 g/mol. The lowest BCUT2D eigenvalue weighted by atomic mass is 10.2. The van der Waals surface area contributed by atoms with Gasteiger partial charge in [0.25, 0.3) is 0 Å². The second-order valence-electron chi connectivity index (χ2n) is 4.61. The number of halogens is 1. The van der Waals surface area contributed by atoms with Gasteiger partial charge in [-0.15, -0.1) is 0 Å². The van der Waals surface area contributed by atoms with Gasteiger partial charge in [0.1, 0.15) is 6.61 Å². The second-order valence-corrected chi connectivity index (χ2v) is 7.01. The Labute approximate surface area is 129 Å². The first-order valence-corrected chi connectivity index (χ1v) is 8.44. The van der Waals surface area contributed by atoms with Crippen LogP contribution in [0.25, 0.3) is 0 Å². The smallest absolute Gasteiger partial charge is 0.235 e. The fourth-order valence-corrected chi connectivity index (χ4v) is 3.70. The van der Waals surface area contributed by atoms with Gasteiger partial charge in [0, 0.05) is 18.2 Å². The van der Waals surface area contributed by atoms with Crippen LogP contribution in [0, 0.1) is 11.8 Å². The highest BCUT2D eigenvalue weighted by Gasteiger charge is 2.28. The standard InChI is InChI=1S/C14H16ClNO4S/c15-12-3-4-14(11(10-12)2-1-7-17)16-21(18,19)13-5-8-20-9-6-13/h3-4,10,13,16-17H,5-9H2. The van der Waals surface area contributed by atoms with Crippen molar-refractivity contribution in [2.75, 3.05) is 24.5 Å². The van der Waals surface area contributed by atoms with E-state index in [-0.39, 0.29) is 6.61 Å². The number of benzene rings is 1. The summed E-state index contributed by atoms with van der Waals surface area (Å²) in [6.45, 7) is 0.589. The molecule has 0 bridgehead atoms. The van der Waals surface area contributed by atoms with E-state index in [0.717, 1.165) is 0 Å². The van der Waals surface area contributed by atoms with Crippen molar-refractivity contribution in [3.05, 3.63) is 28.8 Å². The highest BCUT2D eigenvalue weighted by Crippen LogP contribution is 2.24. The molecule has 0 radical (unpaired) electrons. The van der Waals surface area contributed by atoms with Crippen molar-refractivity contribution in [3.8, 4) is 11.8 Å². The van der Waals surface area contributed by atoms with Crippen molar-refractivity contribution < 1.29 is 18.3 Å². The minimum atomic E-state index is -3.50. The van der Waals surface area contributed by atoms with E-state index >= 15 is 0 Å². The topological polar surface area (TPSA) is 75.6 Å². The van der Waals surface area contributed by atoms with Crippen LogP contribution in [0.5, 0.6) is 0 Å². The fourth-order valence-electron chi connectivity index (χ4n) is 2.07. The summed E-state index contributed by atoms with van der Waals surface area (Å²) in [7, 11) is -3.50. The zero-order valence-electron chi connectivity index (χ0n) is 11.3. The highest BCUT2D eigenvalue weighted by atomic mass is 35.5. The van der Waals surface area contributed by atoms with Gasteiger partial charge in [0.2, 0.25) is 10.0 Å². The first-order chi connectivity index (χ1) is 10.0. The summed E-state index contributed by atoms with van der Waals surface area (Å²) in [6, 6.07) is 4.72. The Kier molecular flexibility index (Phi) is 5.48. The molecule has 0 atom stereocenters. The number of anilines is 1. The van der Waals surface area contributed by atoms with Gasteiger partial charge >= 0.3 is 0 Å². The molecule has 2 rings (SSSR count). The summed E-state index contributed by atoms with van der Waals surface area (Å²) < 4.78 is 32.5. The highest BCUT2D eigenvalue weighted by molar-refractivity contribution is 7.93. The third-order valence-electron chi connectivity index (χ3n) is 3.14. The molecule has 7 heteroatoms. The number of sulfonamides is 1. The monoisotopic (exact) mass is 329 g/mol. The molecule has 1 fully saturated rings. The molecule has 1 heterocycles. The third-order valence-corrected chi connectivity index (χ3v) is 5.23. The quantitative estimate of drug-likeness (QED) is 0.826. The Balaban J connectivity index is 2.25. The minimum absolute atomic E-state index is 0.307. The van der Waals surface area contributed by atoms with Crippen LogP contribution in [0.3, 0.4) is 0 Å². The van der Waals surface area contributed by atoms with E-state index in [1.165, 1.54) is 0 Å². The van der Waals surface area contributed by atoms with Crippen LogP contribution in [0.2, 0.25) is 5.02 Å². The molecule has 1 aromatic carbocycles. The van der Waals surface area contributed by atoms with E-state index in [1.807, 2.05) is 0 Å². The largest absolute Gasteiger partial charge is 0.384 e. The van der Waals surface area contributed by atoms with Crippen LogP contribution in [0.4, 0.5) is 5.69 Å². The molecule has 0 aliphatic carbocycles. The number of hydrogen-bond donors (Lipinski definition) is 2. The van der Waals surface area contributed by atoms with E-state index in [9.17, 15) is 8.42 Å². The normalized spacial score (nSPS) is 16.1. The van der Waals surface area contributed by atoms with E-state index in [1.54, 1.807) is 18.2 Å². The van der Waals surface area contributed by atoms with Crippen molar-refractivity contribution in [3.63, 3.8) is 0 Å². The second kappa shape index (κ2) is 7.14. The number of aliphatic hydroxyl groups is 1. The Hall–Kier alpha value is -1.26. The lowest BCUT2D eigenvalue weighted by molar-refractivity contribution is 0.0984. The molecule has 1 aliphatic heterocycles. The lowest BCUT2D eigenvalue weighted by Crippen LogP contribution is -2.33. The van der Waals surface area contributed by atoms with Crippen LogP contribution < -0.4 is 4.72 Å². The predicted molar refractivity (Wildman–Crippen MR) is 81.8 cm³/mol. The third kappa shape index (κ3) is 4.35. The summed E-state index contributed by atoms with van der Waals surface area (Å²) in [5, 5.41) is 8.74. The maximum Gasteiger partial charge on any atom is 0.235 e. The van der Waals surface area contributed by atoms with Gasteiger partial charge in [-0.3, -0.25) is 4.72 Å². The average molecular weight is 330 g/mol. The molecule has 1 aromatic rings. The summed E-state index contributed by atoms with van der Waals surface area (Å²) in [4.78, 5) is 0. The van der Waals surface area contributed by atoms with Crippen LogP contribution in [0.1, 0.15) is 18.4 Å². The summed E-state index contributed by atoms with van der Waals surface area (Å²) >= 11 is 5.89. The number of ether oxygens (including phenoxy) is 1. The molecule has 114 valence electrons. The molecule has 1 saturated heterocycles. The summed E-state index contributed by atoms with van der Waals surface area (Å²) in [6.07, 6.45) is 0.946. The molecule has 2 N–H and O–H groups in total. The Morgan fingerprint density at radius 1 is 1.38 bits per heavy atom. The summed E-state index contributed by atoms with van der Waals surface area (Å²) in [5.74, 6) is 5.18. The van der Waals surface area contributed by atoms with E-state index < -0.39 is 15.3 Å². The maximum absolute atomic E-state index is 12.4. The van der Waals surface area contributed by atoms with Crippen molar-refractivity contribution in [1.29, 1.82) is 0 Å². The Morgan fingerprint density at radius 3 is 2.76 bits per heavy atom. The van der Waals surface area contributed by atoms with Crippen LogP contribution in [-0.4, -0.2) is 38.6 Å². The van der Waals surface area contributed by atoms with Crippen molar-refractivity contribution in [2.24, 2.45) is 0 Å². The first-order valence-electron chi connectivity index (χ1n) is 6.51. The molecular formula is C14H16ClNO4S. The van der Waals surface area contributed by atoms with Gasteiger partial charge < -0.3 is 9.84 Å². The lowest BCUT2D eigenvalue weighted by Gasteiger charge is -2.23. The van der Waals surface area contributed by atoms with Gasteiger partial charge in [-0.2, -0.15) is 0 Å². The van der Waals surface area contributed by atoms with Gasteiger partial charge in [0.15, 0.2) is 0 Å². The van der Waals surface area contributed by atoms with Crippen LogP contribution in [-0.2, 0) is 14.8 Å². The van der Waals surface area contributed by atoms with Crippen molar-refractivity contribution in [2.45, 2.75) is 18.1 Å². The van der Waals surface area contributed by atoms with E-state index in [4.69, 9.17) is 21.4 Å². The van der Waals surface area contributed by atoms with Gasteiger partial charge in [-0.05, 0) is 31.0 Å². The Morgan fingerprint density at radius 2 is 2.10 bits per heavy atom. The summed E-state index contributed by atoms with van der Waals surface area (Å²) in [5.41, 5.74) is 0.805. The number of rotatable bonds is 3. The molecule has 21 heavy (non-hydrogen) atoms. The number of aliphatic hydroxyl groups excluding tert-OH is 1. The van der Waals surface area contributed by atoms with Gasteiger partial charge in [0.05, 0.1) is 16.5 Å². The molecule has 0 amide bonds. The molecule has 0 aromatic heterocycles. The van der Waals surface area contributed by atoms with E-state index in [0.29, 0.717) is 42.3 Å². The molecule has 1 aliphatic rings. The van der Waals surface area contributed by atoms with E-state index in [2.05, 4.69) is 16.6 Å².